The van der Waals surface area contributed by atoms with E-state index in [9.17, 15) is 9.59 Å². The number of nitrogens with one attached hydrogen (secondary N) is 1. The van der Waals surface area contributed by atoms with Gasteiger partial charge in [-0.2, -0.15) is 0 Å². The van der Waals surface area contributed by atoms with E-state index in [-0.39, 0.29) is 24.0 Å². The van der Waals surface area contributed by atoms with Crippen molar-refractivity contribution in [1.82, 2.24) is 14.9 Å². The Morgan fingerprint density at radius 2 is 1.62 bits per heavy atom. The van der Waals surface area contributed by atoms with E-state index in [1.54, 1.807) is 6.20 Å². The van der Waals surface area contributed by atoms with E-state index in [2.05, 4.69) is 32.2 Å². The summed E-state index contributed by atoms with van der Waals surface area (Å²) in [6.07, 6.45) is 5.07. The topological polar surface area (TPSA) is 117 Å². The maximum Gasteiger partial charge on any atom is 0.251 e. The lowest BCUT2D eigenvalue weighted by Crippen LogP contribution is -2.51. The van der Waals surface area contributed by atoms with Gasteiger partial charge in [0, 0.05) is 68.2 Å². The molecule has 0 saturated carbocycles. The number of carbonyl (C=O) groups excluding carboxylic acids is 2. The second kappa shape index (κ2) is 11.5. The molecule has 10 heteroatoms. The summed E-state index contributed by atoms with van der Waals surface area (Å²) in [7, 11) is 0. The number of hydrogen-bond donors (Lipinski definition) is 2. The minimum Gasteiger partial charge on any atom is -0.368 e. The summed E-state index contributed by atoms with van der Waals surface area (Å²) in [4.78, 5) is 39.8. The molecule has 40 heavy (non-hydrogen) atoms. The average molecular weight is 542 g/mol. The number of hydrogen-bond acceptors (Lipinski definition) is 8. The summed E-state index contributed by atoms with van der Waals surface area (Å²) in [6, 6.07) is 17.9. The molecule has 0 bridgehead atoms. The van der Waals surface area contributed by atoms with Gasteiger partial charge in [-0.15, -0.1) is 0 Å². The van der Waals surface area contributed by atoms with Crippen molar-refractivity contribution in [3.05, 3.63) is 60.8 Å². The van der Waals surface area contributed by atoms with Crippen LogP contribution >= 0.6 is 0 Å². The molecule has 3 aliphatic heterocycles. The lowest BCUT2D eigenvalue weighted by molar-refractivity contribution is -0.141. The molecule has 3 aromatic rings. The number of benzene rings is 2. The fraction of sp³-hybridized carbons (Fsp3) is 0.400. The van der Waals surface area contributed by atoms with Gasteiger partial charge in [-0.3, -0.25) is 9.59 Å². The van der Waals surface area contributed by atoms with Gasteiger partial charge in [-0.25, -0.2) is 9.97 Å². The van der Waals surface area contributed by atoms with Gasteiger partial charge in [0.05, 0.1) is 5.69 Å². The standard InChI is InChI=1S/C30H35N7O3/c31-28(38)26-3-1-15-37(26)24-9-5-21(6-10-24)25-13-14-32-30(34-25)33-22-7-11-23(12-8-22)35-16-18-36(19-17-35)29(39)27-4-2-20-40-27/h5-14,26-27H,1-4,15-20H2,(H2,31,38)(H,32,33,34)/t26-,27-/m1/s1. The van der Waals surface area contributed by atoms with Crippen LogP contribution in [0.5, 0.6) is 0 Å². The number of aromatic nitrogens is 2. The summed E-state index contributed by atoms with van der Waals surface area (Å²) in [5.41, 5.74) is 10.4. The molecule has 2 amide bonds. The maximum absolute atomic E-state index is 12.6. The normalized spacial score (nSPS) is 21.1. The van der Waals surface area contributed by atoms with E-state index in [1.807, 2.05) is 47.4 Å². The molecule has 0 radical (unpaired) electrons. The van der Waals surface area contributed by atoms with Gasteiger partial charge in [0.15, 0.2) is 0 Å². The molecular weight excluding hydrogens is 506 g/mol. The number of anilines is 4. The summed E-state index contributed by atoms with van der Waals surface area (Å²) in [6.45, 7) is 4.55. The van der Waals surface area contributed by atoms with Crippen LogP contribution in [0.1, 0.15) is 25.7 Å². The lowest BCUT2D eigenvalue weighted by atomic mass is 10.1. The van der Waals surface area contributed by atoms with Gasteiger partial charge in [-0.1, -0.05) is 12.1 Å². The Morgan fingerprint density at radius 1 is 0.875 bits per heavy atom. The van der Waals surface area contributed by atoms with E-state index in [0.29, 0.717) is 25.6 Å². The third-order valence-electron chi connectivity index (χ3n) is 8.02. The Morgan fingerprint density at radius 3 is 2.33 bits per heavy atom. The second-order valence-corrected chi connectivity index (χ2v) is 10.6. The summed E-state index contributed by atoms with van der Waals surface area (Å²) >= 11 is 0. The molecule has 0 unspecified atom stereocenters. The molecule has 1 aromatic heterocycles. The van der Waals surface area contributed by atoms with Gasteiger partial charge >= 0.3 is 0 Å². The molecule has 10 nitrogen and oxygen atoms in total. The molecule has 2 aromatic carbocycles. The van der Waals surface area contributed by atoms with E-state index in [0.717, 1.165) is 73.6 Å². The van der Waals surface area contributed by atoms with Gasteiger partial charge in [0.2, 0.25) is 11.9 Å². The van der Waals surface area contributed by atoms with Gasteiger partial charge in [0.25, 0.3) is 5.91 Å². The Labute approximate surface area is 234 Å². The van der Waals surface area contributed by atoms with Crippen molar-refractivity contribution < 1.29 is 14.3 Å². The van der Waals surface area contributed by atoms with Crippen LogP contribution in [0.2, 0.25) is 0 Å². The predicted octanol–water partition coefficient (Wildman–Crippen LogP) is 3.17. The molecule has 0 aliphatic carbocycles. The van der Waals surface area contributed by atoms with Crippen LogP contribution in [-0.4, -0.2) is 78.2 Å². The monoisotopic (exact) mass is 541 g/mol. The number of ether oxygens (including phenoxy) is 1. The molecular formula is C30H35N7O3. The molecule has 0 spiro atoms. The second-order valence-electron chi connectivity index (χ2n) is 10.6. The first kappa shape index (κ1) is 26.1. The van der Waals surface area contributed by atoms with Crippen LogP contribution < -0.4 is 20.9 Å². The van der Waals surface area contributed by atoms with Crippen LogP contribution in [0.4, 0.5) is 23.0 Å². The molecule has 3 fully saturated rings. The minimum atomic E-state index is -0.273. The minimum absolute atomic E-state index is 0.137. The summed E-state index contributed by atoms with van der Waals surface area (Å²) in [5, 5.41) is 3.30. The lowest BCUT2D eigenvalue weighted by Gasteiger charge is -2.37. The Bertz CT molecular complexity index is 1330. The highest BCUT2D eigenvalue weighted by atomic mass is 16.5. The number of carbonyl (C=O) groups is 2. The van der Waals surface area contributed by atoms with Gasteiger partial charge in [-0.05, 0) is 68.1 Å². The van der Waals surface area contributed by atoms with E-state index in [4.69, 9.17) is 15.5 Å². The molecule has 3 N–H and O–H groups in total. The average Bonchev–Trinajstić information content (AvgIpc) is 3.71. The van der Waals surface area contributed by atoms with Crippen LogP contribution in [0, 0.1) is 0 Å². The van der Waals surface area contributed by atoms with Crippen LogP contribution in [0.15, 0.2) is 60.8 Å². The third kappa shape index (κ3) is 5.58. The highest BCUT2D eigenvalue weighted by Gasteiger charge is 2.31. The zero-order chi connectivity index (χ0) is 27.5. The maximum atomic E-state index is 12.6. The van der Waals surface area contributed by atoms with Crippen molar-refractivity contribution in [2.24, 2.45) is 5.73 Å². The SMILES string of the molecule is NC(=O)[C@H]1CCCN1c1ccc(-c2ccnc(Nc3ccc(N4CCN(C(=O)[C@H]5CCCO5)CC4)cc3)n2)cc1. The Balaban J connectivity index is 1.06. The number of rotatable bonds is 7. The van der Waals surface area contributed by atoms with Crippen molar-refractivity contribution in [3.8, 4) is 11.3 Å². The Kier molecular flexibility index (Phi) is 7.50. The van der Waals surface area contributed by atoms with Crippen LogP contribution in [0.25, 0.3) is 11.3 Å². The molecule has 3 aliphatic rings. The summed E-state index contributed by atoms with van der Waals surface area (Å²) < 4.78 is 5.57. The highest BCUT2D eigenvalue weighted by molar-refractivity contribution is 5.84. The highest BCUT2D eigenvalue weighted by Crippen LogP contribution is 2.29. The number of piperazine rings is 1. The first-order valence-corrected chi connectivity index (χ1v) is 14.1. The molecule has 2 atom stereocenters. The molecule has 4 heterocycles. The van der Waals surface area contributed by atoms with Crippen LogP contribution in [0.3, 0.4) is 0 Å². The largest absolute Gasteiger partial charge is 0.368 e. The zero-order valence-corrected chi connectivity index (χ0v) is 22.5. The summed E-state index contributed by atoms with van der Waals surface area (Å²) in [5.74, 6) is 0.382. The first-order valence-electron chi connectivity index (χ1n) is 14.1. The van der Waals surface area contributed by atoms with Crippen molar-refractivity contribution in [2.45, 2.75) is 37.8 Å². The van der Waals surface area contributed by atoms with E-state index < -0.39 is 0 Å². The molecule has 3 saturated heterocycles. The van der Waals surface area contributed by atoms with Crippen LogP contribution in [-0.2, 0) is 14.3 Å². The van der Waals surface area contributed by atoms with E-state index >= 15 is 0 Å². The fourth-order valence-electron chi connectivity index (χ4n) is 5.82. The molecule has 208 valence electrons. The van der Waals surface area contributed by atoms with Crippen molar-refractivity contribution in [3.63, 3.8) is 0 Å². The first-order chi connectivity index (χ1) is 19.5. The van der Waals surface area contributed by atoms with Gasteiger partial charge in [0.1, 0.15) is 12.1 Å². The number of amides is 2. The number of primary amides is 1. The predicted molar refractivity (Wildman–Crippen MR) is 155 cm³/mol. The number of nitrogens with two attached hydrogens (primary N) is 1. The quantitative estimate of drug-likeness (QED) is 0.469. The zero-order valence-electron chi connectivity index (χ0n) is 22.5. The van der Waals surface area contributed by atoms with E-state index in [1.165, 1.54) is 0 Å². The van der Waals surface area contributed by atoms with Crippen molar-refractivity contribution in [1.29, 1.82) is 0 Å². The van der Waals surface area contributed by atoms with Gasteiger partial charge < -0.3 is 30.5 Å². The number of nitrogens with zero attached hydrogens (tertiary/aromatic N) is 5. The fourth-order valence-corrected chi connectivity index (χ4v) is 5.82. The Hall–Kier alpha value is -4.18. The smallest absolute Gasteiger partial charge is 0.251 e. The van der Waals surface area contributed by atoms with Crippen molar-refractivity contribution in [2.75, 3.05) is 54.4 Å². The third-order valence-corrected chi connectivity index (χ3v) is 8.02. The van der Waals surface area contributed by atoms with Crippen molar-refractivity contribution >= 4 is 34.8 Å². The molecule has 6 rings (SSSR count).